The Morgan fingerprint density at radius 1 is 0.879 bits per heavy atom. The number of alkyl halides is 3. The number of ether oxygens (including phenoxy) is 1. The van der Waals surface area contributed by atoms with E-state index in [0.717, 1.165) is 48.6 Å². The van der Waals surface area contributed by atoms with Gasteiger partial charge in [-0.25, -0.2) is 4.79 Å². The summed E-state index contributed by atoms with van der Waals surface area (Å²) in [4.78, 5) is 20.8. The van der Waals surface area contributed by atoms with E-state index in [0.29, 0.717) is 25.3 Å². The molecule has 1 fully saturated rings. The number of rotatable bonds is 5. The first kappa shape index (κ1) is 22.8. The van der Waals surface area contributed by atoms with Gasteiger partial charge in [-0.1, -0.05) is 30.3 Å². The van der Waals surface area contributed by atoms with Crippen molar-refractivity contribution < 1.29 is 22.7 Å². The molecule has 1 aliphatic rings. The first-order valence-electron chi connectivity index (χ1n) is 10.7. The van der Waals surface area contributed by atoms with Crippen LogP contribution in [0, 0.1) is 0 Å². The van der Waals surface area contributed by atoms with Crippen LogP contribution in [0.1, 0.15) is 22.4 Å². The van der Waals surface area contributed by atoms with E-state index in [2.05, 4.69) is 9.88 Å². The molecule has 2 aromatic carbocycles. The van der Waals surface area contributed by atoms with Crippen LogP contribution in [0.5, 0.6) is 5.75 Å². The minimum Gasteiger partial charge on any atom is -0.410 e. The van der Waals surface area contributed by atoms with E-state index in [4.69, 9.17) is 4.74 Å². The Hall–Kier alpha value is -3.39. The van der Waals surface area contributed by atoms with Crippen LogP contribution in [-0.2, 0) is 19.1 Å². The third kappa shape index (κ3) is 6.32. The lowest BCUT2D eigenvalue weighted by molar-refractivity contribution is -0.137. The van der Waals surface area contributed by atoms with Crippen molar-refractivity contribution in [2.75, 3.05) is 26.2 Å². The van der Waals surface area contributed by atoms with Gasteiger partial charge in [0.1, 0.15) is 5.75 Å². The van der Waals surface area contributed by atoms with Gasteiger partial charge in [0.05, 0.1) is 11.3 Å². The van der Waals surface area contributed by atoms with Crippen molar-refractivity contribution in [1.29, 1.82) is 0 Å². The summed E-state index contributed by atoms with van der Waals surface area (Å²) in [6, 6.07) is 18.0. The number of nitrogens with zero attached hydrogens (tertiary/aromatic N) is 3. The number of carbonyl (C=O) groups excluding carboxylic acids is 1. The zero-order chi connectivity index (χ0) is 23.3. The highest BCUT2D eigenvalue weighted by Gasteiger charge is 2.30. The summed E-state index contributed by atoms with van der Waals surface area (Å²) in [6.07, 6.45) is -2.46. The van der Waals surface area contributed by atoms with Gasteiger partial charge in [-0.05, 0) is 53.9 Å². The molecule has 0 unspecified atom stereocenters. The number of hydrogen-bond acceptors (Lipinski definition) is 4. The van der Waals surface area contributed by atoms with E-state index < -0.39 is 11.7 Å². The quantitative estimate of drug-likeness (QED) is 0.543. The van der Waals surface area contributed by atoms with Crippen LogP contribution in [0.15, 0.2) is 72.9 Å². The summed E-state index contributed by atoms with van der Waals surface area (Å²) in [6.45, 7) is 3.41. The summed E-state index contributed by atoms with van der Waals surface area (Å²) < 4.78 is 43.6. The Kier molecular flexibility index (Phi) is 6.93. The first-order valence-corrected chi connectivity index (χ1v) is 10.7. The lowest BCUT2D eigenvalue weighted by Gasteiger charge is -2.33. The van der Waals surface area contributed by atoms with E-state index in [1.165, 1.54) is 12.1 Å². The van der Waals surface area contributed by atoms with Gasteiger partial charge < -0.3 is 9.64 Å². The Labute approximate surface area is 190 Å². The third-order valence-corrected chi connectivity index (χ3v) is 5.56. The molecule has 0 radical (unpaired) electrons. The molecule has 33 heavy (non-hydrogen) atoms. The smallest absolute Gasteiger partial charge is 0.410 e. The van der Waals surface area contributed by atoms with Gasteiger partial charge in [0.2, 0.25) is 0 Å². The van der Waals surface area contributed by atoms with Crippen LogP contribution >= 0.6 is 0 Å². The van der Waals surface area contributed by atoms with Crippen molar-refractivity contribution in [2.24, 2.45) is 0 Å². The van der Waals surface area contributed by atoms with Crippen LogP contribution in [0.2, 0.25) is 0 Å². The Morgan fingerprint density at radius 2 is 1.52 bits per heavy atom. The SMILES string of the molecule is O=C(Oc1ccc(Cc2ccc(C(F)(F)F)cc2)cc1)N1CCN(Cc2ccccn2)CC1. The van der Waals surface area contributed by atoms with Crippen LogP contribution in [0.3, 0.4) is 0 Å². The predicted molar refractivity (Wildman–Crippen MR) is 118 cm³/mol. The average Bonchev–Trinajstić information content (AvgIpc) is 2.81. The molecule has 0 atom stereocenters. The molecule has 4 rings (SSSR count). The highest BCUT2D eigenvalue weighted by Crippen LogP contribution is 2.29. The fraction of sp³-hybridized carbons (Fsp3) is 0.280. The molecule has 0 spiro atoms. The molecular weight excluding hydrogens is 431 g/mol. The van der Waals surface area contributed by atoms with Crippen molar-refractivity contribution in [2.45, 2.75) is 19.1 Å². The fourth-order valence-electron chi connectivity index (χ4n) is 3.70. The second-order valence-electron chi connectivity index (χ2n) is 7.97. The maximum Gasteiger partial charge on any atom is 0.416 e. The van der Waals surface area contributed by atoms with Crippen LogP contribution in [0.4, 0.5) is 18.0 Å². The molecule has 3 aromatic rings. The molecule has 1 amide bonds. The molecule has 5 nitrogen and oxygen atoms in total. The largest absolute Gasteiger partial charge is 0.416 e. The number of piperazine rings is 1. The molecule has 0 N–H and O–H groups in total. The summed E-state index contributed by atoms with van der Waals surface area (Å²) in [5.41, 5.74) is 2.03. The zero-order valence-electron chi connectivity index (χ0n) is 18.0. The number of halogens is 3. The van der Waals surface area contributed by atoms with E-state index in [1.807, 2.05) is 30.3 Å². The molecule has 0 saturated carbocycles. The van der Waals surface area contributed by atoms with Gasteiger partial charge in [-0.2, -0.15) is 13.2 Å². The van der Waals surface area contributed by atoms with Gasteiger partial charge >= 0.3 is 12.3 Å². The van der Waals surface area contributed by atoms with Crippen molar-refractivity contribution in [3.8, 4) is 5.75 Å². The lowest BCUT2D eigenvalue weighted by atomic mass is 10.0. The second kappa shape index (κ2) is 10.0. The number of hydrogen-bond donors (Lipinski definition) is 0. The minimum absolute atomic E-state index is 0.386. The van der Waals surface area contributed by atoms with Crippen LogP contribution < -0.4 is 4.74 Å². The normalized spacial score (nSPS) is 14.8. The second-order valence-corrected chi connectivity index (χ2v) is 7.97. The van der Waals surface area contributed by atoms with Crippen LogP contribution in [0.25, 0.3) is 0 Å². The average molecular weight is 455 g/mol. The highest BCUT2D eigenvalue weighted by atomic mass is 19.4. The standard InChI is InChI=1S/C25H24F3N3O2/c26-25(27,28)21-8-4-19(5-9-21)17-20-6-10-23(11-7-20)33-24(32)31-15-13-30(14-16-31)18-22-3-1-2-12-29-22/h1-12H,13-18H2. The maximum atomic E-state index is 12.7. The van der Waals surface area contributed by atoms with Gasteiger partial charge in [-0.15, -0.1) is 0 Å². The minimum atomic E-state index is -4.34. The summed E-state index contributed by atoms with van der Waals surface area (Å²) in [5.74, 6) is 0.437. The van der Waals surface area contributed by atoms with E-state index in [1.54, 1.807) is 23.2 Å². The molecule has 8 heteroatoms. The van der Waals surface area contributed by atoms with Gasteiger partial charge in [-0.3, -0.25) is 9.88 Å². The van der Waals surface area contributed by atoms with E-state index in [9.17, 15) is 18.0 Å². The van der Waals surface area contributed by atoms with Crippen molar-refractivity contribution in [3.63, 3.8) is 0 Å². The molecule has 2 heterocycles. The Morgan fingerprint density at radius 3 is 2.09 bits per heavy atom. The van der Waals surface area contributed by atoms with Crippen molar-refractivity contribution in [3.05, 3.63) is 95.3 Å². The van der Waals surface area contributed by atoms with Gasteiger partial charge in [0, 0.05) is 38.9 Å². The topological polar surface area (TPSA) is 45.7 Å². The van der Waals surface area contributed by atoms with E-state index in [-0.39, 0.29) is 6.09 Å². The molecule has 0 bridgehead atoms. The Balaban J connectivity index is 1.25. The summed E-state index contributed by atoms with van der Waals surface area (Å²) in [7, 11) is 0. The molecule has 1 aromatic heterocycles. The van der Waals surface area contributed by atoms with Gasteiger partial charge in [0.25, 0.3) is 0 Å². The number of pyridine rings is 1. The highest BCUT2D eigenvalue weighted by molar-refractivity contribution is 5.70. The van der Waals surface area contributed by atoms with E-state index >= 15 is 0 Å². The van der Waals surface area contributed by atoms with Gasteiger partial charge in [0.15, 0.2) is 0 Å². The molecule has 0 aliphatic carbocycles. The zero-order valence-corrected chi connectivity index (χ0v) is 18.0. The molecular formula is C25H24F3N3O2. The number of carbonyl (C=O) groups is 1. The molecule has 1 saturated heterocycles. The molecule has 1 aliphatic heterocycles. The van der Waals surface area contributed by atoms with Crippen LogP contribution in [-0.4, -0.2) is 47.1 Å². The lowest BCUT2D eigenvalue weighted by Crippen LogP contribution is -2.49. The fourth-order valence-corrected chi connectivity index (χ4v) is 3.70. The Bertz CT molecular complexity index is 1050. The monoisotopic (exact) mass is 455 g/mol. The van der Waals surface area contributed by atoms with Crippen molar-refractivity contribution >= 4 is 6.09 Å². The number of amides is 1. The number of benzene rings is 2. The predicted octanol–water partition coefficient (Wildman–Crippen LogP) is 5.01. The maximum absolute atomic E-state index is 12.7. The third-order valence-electron chi connectivity index (χ3n) is 5.56. The first-order chi connectivity index (χ1) is 15.9. The number of aromatic nitrogens is 1. The molecule has 172 valence electrons. The summed E-state index contributed by atoms with van der Waals surface area (Å²) in [5, 5.41) is 0. The van der Waals surface area contributed by atoms with Crippen molar-refractivity contribution in [1.82, 2.24) is 14.8 Å². The summed E-state index contributed by atoms with van der Waals surface area (Å²) >= 11 is 0.